The van der Waals surface area contributed by atoms with Gasteiger partial charge in [0.15, 0.2) is 0 Å². The molecule has 0 bridgehead atoms. The molecule has 0 unspecified atom stereocenters. The highest BCUT2D eigenvalue weighted by Crippen LogP contribution is 2.32. The van der Waals surface area contributed by atoms with Crippen LogP contribution in [0.2, 0.25) is 0 Å². The SMILES string of the molecule is C=C(C(=O)N1C(=O)OC[C@@H]1C(C)(C)C)N1C(=O)c2ccccc2C1=O. The summed E-state index contributed by atoms with van der Waals surface area (Å²) in [6, 6.07) is 5.77. The molecule has 25 heavy (non-hydrogen) atoms. The summed E-state index contributed by atoms with van der Waals surface area (Å²) in [7, 11) is 0. The molecule has 1 aromatic rings. The molecule has 1 fully saturated rings. The van der Waals surface area contributed by atoms with Crippen LogP contribution in [0.3, 0.4) is 0 Å². The van der Waals surface area contributed by atoms with Crippen LogP contribution >= 0.6 is 0 Å². The van der Waals surface area contributed by atoms with Gasteiger partial charge in [0.05, 0.1) is 17.2 Å². The molecular formula is C18H18N2O5. The number of rotatable bonds is 2. The number of imide groups is 2. The van der Waals surface area contributed by atoms with Crippen LogP contribution < -0.4 is 0 Å². The van der Waals surface area contributed by atoms with E-state index in [0.29, 0.717) is 0 Å². The molecule has 7 nitrogen and oxygen atoms in total. The number of hydrogen-bond donors (Lipinski definition) is 0. The molecular weight excluding hydrogens is 324 g/mol. The van der Waals surface area contributed by atoms with E-state index in [0.717, 1.165) is 9.80 Å². The molecule has 1 saturated heterocycles. The fourth-order valence-corrected chi connectivity index (χ4v) is 2.95. The minimum atomic E-state index is -0.808. The minimum absolute atomic E-state index is 0.0590. The average molecular weight is 342 g/mol. The van der Waals surface area contributed by atoms with E-state index in [9.17, 15) is 19.2 Å². The van der Waals surface area contributed by atoms with Gasteiger partial charge in [-0.3, -0.25) is 14.4 Å². The van der Waals surface area contributed by atoms with E-state index in [1.807, 2.05) is 20.8 Å². The fraction of sp³-hybridized carbons (Fsp3) is 0.333. The Morgan fingerprint density at radius 2 is 1.64 bits per heavy atom. The highest BCUT2D eigenvalue weighted by atomic mass is 16.6. The summed E-state index contributed by atoms with van der Waals surface area (Å²) in [6.07, 6.45) is -0.803. The molecule has 1 aromatic carbocycles. The van der Waals surface area contributed by atoms with E-state index in [1.54, 1.807) is 12.1 Å². The molecule has 3 rings (SSSR count). The molecule has 0 spiro atoms. The van der Waals surface area contributed by atoms with Crippen LogP contribution in [-0.4, -0.2) is 46.3 Å². The van der Waals surface area contributed by atoms with E-state index in [4.69, 9.17) is 4.74 Å². The number of carbonyl (C=O) groups is 4. The van der Waals surface area contributed by atoms with Gasteiger partial charge >= 0.3 is 6.09 Å². The Labute approximate surface area is 144 Å². The minimum Gasteiger partial charge on any atom is -0.447 e. The maximum absolute atomic E-state index is 12.8. The molecule has 4 amide bonds. The highest BCUT2D eigenvalue weighted by Gasteiger charge is 2.48. The lowest BCUT2D eigenvalue weighted by atomic mass is 9.86. The van der Waals surface area contributed by atoms with Crippen LogP contribution in [0.5, 0.6) is 0 Å². The second kappa shape index (κ2) is 5.54. The Bertz CT molecular complexity index is 786. The quantitative estimate of drug-likeness (QED) is 0.608. The number of hydrogen-bond acceptors (Lipinski definition) is 5. The number of carbonyl (C=O) groups excluding carboxylic acids is 4. The van der Waals surface area contributed by atoms with E-state index >= 15 is 0 Å². The van der Waals surface area contributed by atoms with Gasteiger partial charge in [0.1, 0.15) is 12.3 Å². The Kier molecular flexibility index (Phi) is 3.74. The molecule has 2 heterocycles. The van der Waals surface area contributed by atoms with Crippen molar-refractivity contribution in [3.63, 3.8) is 0 Å². The summed E-state index contributed by atoms with van der Waals surface area (Å²) >= 11 is 0. The first-order valence-corrected chi connectivity index (χ1v) is 7.81. The zero-order chi connectivity index (χ0) is 18.5. The average Bonchev–Trinajstić information content (AvgIpc) is 3.05. The number of nitrogens with zero attached hydrogens (tertiary/aromatic N) is 2. The van der Waals surface area contributed by atoms with Crippen LogP contribution in [0.15, 0.2) is 36.5 Å². The largest absolute Gasteiger partial charge is 0.447 e. The Morgan fingerprint density at radius 1 is 1.12 bits per heavy atom. The topological polar surface area (TPSA) is 84.0 Å². The summed E-state index contributed by atoms with van der Waals surface area (Å²) in [5.74, 6) is -2.06. The van der Waals surface area contributed by atoms with Crippen molar-refractivity contribution >= 4 is 23.8 Å². The van der Waals surface area contributed by atoms with E-state index in [2.05, 4.69) is 6.58 Å². The van der Waals surface area contributed by atoms with Gasteiger partial charge in [-0.1, -0.05) is 39.5 Å². The maximum Gasteiger partial charge on any atom is 0.417 e. The summed E-state index contributed by atoms with van der Waals surface area (Å²) < 4.78 is 4.99. The molecule has 1 atom stereocenters. The smallest absolute Gasteiger partial charge is 0.417 e. The molecule has 0 radical (unpaired) electrons. The molecule has 0 aromatic heterocycles. The highest BCUT2D eigenvalue weighted by molar-refractivity contribution is 6.25. The number of amides is 4. The van der Waals surface area contributed by atoms with Gasteiger partial charge < -0.3 is 4.74 Å². The zero-order valence-corrected chi connectivity index (χ0v) is 14.2. The molecule has 2 aliphatic heterocycles. The van der Waals surface area contributed by atoms with Crippen LogP contribution in [0, 0.1) is 5.41 Å². The number of ether oxygens (including phenoxy) is 1. The van der Waals surface area contributed by atoms with E-state index in [-0.39, 0.29) is 23.4 Å². The van der Waals surface area contributed by atoms with Crippen molar-refractivity contribution in [1.82, 2.24) is 9.80 Å². The van der Waals surface area contributed by atoms with Crippen LogP contribution in [0.4, 0.5) is 4.79 Å². The van der Waals surface area contributed by atoms with Crippen molar-refractivity contribution in [1.29, 1.82) is 0 Å². The van der Waals surface area contributed by atoms with Crippen LogP contribution in [-0.2, 0) is 9.53 Å². The van der Waals surface area contributed by atoms with Gasteiger partial charge in [-0.15, -0.1) is 0 Å². The lowest BCUT2D eigenvalue weighted by Gasteiger charge is -2.31. The number of benzene rings is 1. The van der Waals surface area contributed by atoms with Gasteiger partial charge in [0.25, 0.3) is 17.7 Å². The monoisotopic (exact) mass is 342 g/mol. The standard InChI is InChI=1S/C18H18N2O5/c1-10(14(21)20-13(18(2,3)4)9-25-17(20)24)19-15(22)11-7-5-6-8-12(11)16(19)23/h5-8,13H,1,9H2,2-4H3/t13-/m1/s1. The third-order valence-corrected chi connectivity index (χ3v) is 4.40. The Balaban J connectivity index is 1.91. The molecule has 2 aliphatic rings. The third kappa shape index (κ3) is 2.52. The molecule has 0 saturated carbocycles. The summed E-state index contributed by atoms with van der Waals surface area (Å²) in [6.45, 7) is 9.26. The van der Waals surface area contributed by atoms with Gasteiger partial charge in [-0.25, -0.2) is 14.6 Å². The molecule has 130 valence electrons. The second-order valence-electron chi connectivity index (χ2n) is 7.07. The van der Waals surface area contributed by atoms with Gasteiger partial charge in [-0.2, -0.15) is 0 Å². The van der Waals surface area contributed by atoms with Crippen molar-refractivity contribution in [3.8, 4) is 0 Å². The first-order valence-electron chi connectivity index (χ1n) is 7.81. The molecule has 0 aliphatic carbocycles. The zero-order valence-electron chi connectivity index (χ0n) is 14.2. The molecule has 7 heteroatoms. The van der Waals surface area contributed by atoms with Gasteiger partial charge in [0, 0.05) is 0 Å². The first-order chi connectivity index (χ1) is 11.6. The van der Waals surface area contributed by atoms with Crippen molar-refractivity contribution in [2.24, 2.45) is 5.41 Å². The lowest BCUT2D eigenvalue weighted by Crippen LogP contribution is -2.49. The Morgan fingerprint density at radius 3 is 2.12 bits per heavy atom. The number of cyclic esters (lactones) is 1. The lowest BCUT2D eigenvalue weighted by molar-refractivity contribution is -0.127. The van der Waals surface area contributed by atoms with E-state index < -0.39 is 35.3 Å². The predicted molar refractivity (Wildman–Crippen MR) is 87.5 cm³/mol. The van der Waals surface area contributed by atoms with Crippen molar-refractivity contribution < 1.29 is 23.9 Å². The van der Waals surface area contributed by atoms with Crippen molar-refractivity contribution in [3.05, 3.63) is 47.7 Å². The summed E-state index contributed by atoms with van der Waals surface area (Å²) in [5, 5.41) is 0. The summed E-state index contributed by atoms with van der Waals surface area (Å²) in [4.78, 5) is 51.5. The first kappa shape index (κ1) is 16.9. The predicted octanol–water partition coefficient (Wildman–Crippen LogP) is 2.19. The molecule has 0 N–H and O–H groups in total. The fourth-order valence-electron chi connectivity index (χ4n) is 2.95. The van der Waals surface area contributed by atoms with E-state index in [1.165, 1.54) is 12.1 Å². The van der Waals surface area contributed by atoms with Crippen molar-refractivity contribution in [2.75, 3.05) is 6.61 Å². The van der Waals surface area contributed by atoms with Gasteiger partial charge in [-0.05, 0) is 17.5 Å². The van der Waals surface area contributed by atoms with Crippen molar-refractivity contribution in [2.45, 2.75) is 26.8 Å². The van der Waals surface area contributed by atoms with Crippen LogP contribution in [0.25, 0.3) is 0 Å². The normalized spacial score (nSPS) is 20.0. The number of fused-ring (bicyclic) bond motifs is 1. The Hall–Kier alpha value is -2.96. The van der Waals surface area contributed by atoms with Crippen LogP contribution in [0.1, 0.15) is 41.5 Å². The second-order valence-corrected chi connectivity index (χ2v) is 7.07. The third-order valence-electron chi connectivity index (χ3n) is 4.40. The summed E-state index contributed by atoms with van der Waals surface area (Å²) in [5.41, 5.74) is -0.376. The maximum atomic E-state index is 12.8. The van der Waals surface area contributed by atoms with Gasteiger partial charge in [0.2, 0.25) is 0 Å².